The number of ether oxygens (including phenoxy) is 1. The number of carbonyl (C=O) groups excluding carboxylic acids is 2. The summed E-state index contributed by atoms with van der Waals surface area (Å²) in [5, 5.41) is 2.86. The lowest BCUT2D eigenvalue weighted by atomic mass is 10.1. The summed E-state index contributed by atoms with van der Waals surface area (Å²) >= 11 is 0. The lowest BCUT2D eigenvalue weighted by Crippen LogP contribution is -2.24. The van der Waals surface area contributed by atoms with E-state index in [1.807, 2.05) is 0 Å². The molecule has 4 nitrogen and oxygen atoms in total. The molecule has 27 heavy (non-hydrogen) atoms. The zero-order valence-corrected chi connectivity index (χ0v) is 17.9. The van der Waals surface area contributed by atoms with Crippen LogP contribution in [-0.2, 0) is 14.3 Å². The average molecular weight is 382 g/mol. The maximum Gasteiger partial charge on any atom is 0.305 e. The fraction of sp³-hybridized carbons (Fsp3) is 0.826. The number of esters is 1. The molecule has 0 saturated heterocycles. The Bertz CT molecular complexity index is 380. The van der Waals surface area contributed by atoms with Crippen molar-refractivity contribution in [2.75, 3.05) is 13.7 Å². The lowest BCUT2D eigenvalue weighted by Gasteiger charge is -2.05. The topological polar surface area (TPSA) is 55.4 Å². The first-order valence-electron chi connectivity index (χ1n) is 11.2. The standard InChI is InChI=1S/C23H43NO3/c1-3-4-5-6-7-8-9-10-11-12-13-14-15-16-17-19-22(25)24-21-18-20-23(26)27-2/h10-11H,3-9,12-21H2,1-2H3,(H,24,25). The number of carbonyl (C=O) groups is 2. The van der Waals surface area contributed by atoms with Gasteiger partial charge in [0, 0.05) is 19.4 Å². The molecule has 0 aliphatic carbocycles. The maximum absolute atomic E-state index is 11.7. The molecule has 0 heterocycles. The van der Waals surface area contributed by atoms with Crippen LogP contribution in [0, 0.1) is 0 Å². The van der Waals surface area contributed by atoms with Crippen LogP contribution >= 0.6 is 0 Å². The molecule has 0 fully saturated rings. The summed E-state index contributed by atoms with van der Waals surface area (Å²) in [5.74, 6) is -0.126. The molecular weight excluding hydrogens is 338 g/mol. The number of hydrogen-bond acceptors (Lipinski definition) is 3. The molecule has 0 radical (unpaired) electrons. The van der Waals surface area contributed by atoms with Gasteiger partial charge in [0.25, 0.3) is 0 Å². The smallest absolute Gasteiger partial charge is 0.305 e. The molecule has 0 aromatic carbocycles. The van der Waals surface area contributed by atoms with Crippen molar-refractivity contribution in [3.8, 4) is 0 Å². The molecule has 1 amide bonds. The lowest BCUT2D eigenvalue weighted by molar-refractivity contribution is -0.140. The number of amides is 1. The molecule has 0 aromatic heterocycles. The van der Waals surface area contributed by atoms with Crippen molar-refractivity contribution in [1.29, 1.82) is 0 Å². The summed E-state index contributed by atoms with van der Waals surface area (Å²) in [4.78, 5) is 22.6. The predicted octanol–water partition coefficient (Wildman–Crippen LogP) is 6.09. The molecule has 158 valence electrons. The number of hydrogen-bond donors (Lipinski definition) is 1. The van der Waals surface area contributed by atoms with Crippen molar-refractivity contribution in [3.63, 3.8) is 0 Å². The van der Waals surface area contributed by atoms with Gasteiger partial charge in [0.2, 0.25) is 5.91 Å². The van der Waals surface area contributed by atoms with Gasteiger partial charge in [-0.3, -0.25) is 9.59 Å². The van der Waals surface area contributed by atoms with Crippen LogP contribution in [-0.4, -0.2) is 25.5 Å². The van der Waals surface area contributed by atoms with Gasteiger partial charge in [-0.15, -0.1) is 0 Å². The fourth-order valence-electron chi connectivity index (χ4n) is 3.01. The summed E-state index contributed by atoms with van der Waals surface area (Å²) in [7, 11) is 1.38. The van der Waals surface area contributed by atoms with Crippen molar-refractivity contribution in [2.45, 2.75) is 110 Å². The Morgan fingerprint density at radius 1 is 0.741 bits per heavy atom. The van der Waals surface area contributed by atoms with Crippen LogP contribution in [0.5, 0.6) is 0 Å². The molecule has 0 bridgehead atoms. The van der Waals surface area contributed by atoms with Gasteiger partial charge >= 0.3 is 5.97 Å². The zero-order chi connectivity index (χ0) is 20.0. The molecule has 0 aliphatic rings. The van der Waals surface area contributed by atoms with E-state index in [-0.39, 0.29) is 11.9 Å². The first kappa shape index (κ1) is 25.7. The van der Waals surface area contributed by atoms with E-state index in [0.29, 0.717) is 25.8 Å². The first-order valence-corrected chi connectivity index (χ1v) is 11.2. The summed E-state index contributed by atoms with van der Waals surface area (Å²) in [6.45, 7) is 2.82. The number of unbranched alkanes of at least 4 members (excludes halogenated alkanes) is 11. The Morgan fingerprint density at radius 3 is 1.89 bits per heavy atom. The second kappa shape index (κ2) is 21.0. The Hall–Kier alpha value is -1.32. The highest BCUT2D eigenvalue weighted by Crippen LogP contribution is 2.10. The number of nitrogens with one attached hydrogen (secondary N) is 1. The SMILES string of the molecule is CCCCCCCCC=CCCCCCCCC(=O)NCCCC(=O)OC. The second-order valence-electron chi connectivity index (χ2n) is 7.36. The molecule has 0 aliphatic heterocycles. The number of methoxy groups -OCH3 is 1. The number of rotatable bonds is 19. The Balaban J connectivity index is 3.24. The van der Waals surface area contributed by atoms with Gasteiger partial charge < -0.3 is 10.1 Å². The van der Waals surface area contributed by atoms with Gasteiger partial charge in [-0.25, -0.2) is 0 Å². The molecule has 0 atom stereocenters. The normalized spacial score (nSPS) is 11.0. The quantitative estimate of drug-likeness (QED) is 0.167. The van der Waals surface area contributed by atoms with Crippen molar-refractivity contribution in [3.05, 3.63) is 12.2 Å². The van der Waals surface area contributed by atoms with Gasteiger partial charge in [0.1, 0.15) is 0 Å². The van der Waals surface area contributed by atoms with E-state index >= 15 is 0 Å². The highest BCUT2D eigenvalue weighted by Gasteiger charge is 2.02. The van der Waals surface area contributed by atoms with Crippen LogP contribution in [0.15, 0.2) is 12.2 Å². The van der Waals surface area contributed by atoms with Gasteiger partial charge in [0.15, 0.2) is 0 Å². The maximum atomic E-state index is 11.7. The second-order valence-corrected chi connectivity index (χ2v) is 7.36. The molecule has 0 aromatic rings. The Kier molecular flexibility index (Phi) is 20.0. The molecule has 0 unspecified atom stereocenters. The van der Waals surface area contributed by atoms with Crippen molar-refractivity contribution < 1.29 is 14.3 Å². The Labute approximate surface area is 167 Å². The van der Waals surface area contributed by atoms with Crippen LogP contribution in [0.25, 0.3) is 0 Å². The first-order chi connectivity index (χ1) is 13.2. The minimum absolute atomic E-state index is 0.0949. The third kappa shape index (κ3) is 20.8. The molecular formula is C23H43NO3. The van der Waals surface area contributed by atoms with Crippen LogP contribution in [0.4, 0.5) is 0 Å². The molecule has 0 rings (SSSR count). The van der Waals surface area contributed by atoms with E-state index in [0.717, 1.165) is 12.8 Å². The minimum Gasteiger partial charge on any atom is -0.469 e. The van der Waals surface area contributed by atoms with Crippen LogP contribution < -0.4 is 5.32 Å². The van der Waals surface area contributed by atoms with Crippen molar-refractivity contribution >= 4 is 11.9 Å². The third-order valence-corrected chi connectivity index (χ3v) is 4.77. The highest BCUT2D eigenvalue weighted by molar-refractivity contribution is 5.75. The minimum atomic E-state index is -0.221. The van der Waals surface area contributed by atoms with E-state index in [1.54, 1.807) is 0 Å². The Morgan fingerprint density at radius 2 is 1.30 bits per heavy atom. The van der Waals surface area contributed by atoms with E-state index in [9.17, 15) is 9.59 Å². The molecule has 4 heteroatoms. The van der Waals surface area contributed by atoms with Gasteiger partial charge in [-0.1, -0.05) is 70.4 Å². The summed E-state index contributed by atoms with van der Waals surface area (Å²) < 4.78 is 4.56. The van der Waals surface area contributed by atoms with Crippen molar-refractivity contribution in [1.82, 2.24) is 5.32 Å². The van der Waals surface area contributed by atoms with Gasteiger partial charge in [-0.2, -0.15) is 0 Å². The molecule has 0 spiro atoms. The zero-order valence-electron chi connectivity index (χ0n) is 17.9. The summed E-state index contributed by atoms with van der Waals surface area (Å²) in [6, 6.07) is 0. The predicted molar refractivity (Wildman–Crippen MR) is 114 cm³/mol. The van der Waals surface area contributed by atoms with Gasteiger partial charge in [-0.05, 0) is 38.5 Å². The summed E-state index contributed by atoms with van der Waals surface area (Å²) in [5.41, 5.74) is 0. The van der Waals surface area contributed by atoms with E-state index in [4.69, 9.17) is 0 Å². The van der Waals surface area contributed by atoms with Crippen LogP contribution in [0.2, 0.25) is 0 Å². The van der Waals surface area contributed by atoms with Crippen LogP contribution in [0.3, 0.4) is 0 Å². The number of allylic oxidation sites excluding steroid dienone is 2. The molecule has 1 N–H and O–H groups in total. The van der Waals surface area contributed by atoms with E-state index in [2.05, 4.69) is 29.1 Å². The summed E-state index contributed by atoms with van der Waals surface area (Å²) in [6.07, 6.45) is 22.7. The fourth-order valence-corrected chi connectivity index (χ4v) is 3.01. The average Bonchev–Trinajstić information content (AvgIpc) is 2.68. The van der Waals surface area contributed by atoms with Crippen LogP contribution in [0.1, 0.15) is 110 Å². The van der Waals surface area contributed by atoms with E-state index in [1.165, 1.54) is 77.7 Å². The highest BCUT2D eigenvalue weighted by atomic mass is 16.5. The monoisotopic (exact) mass is 381 g/mol. The molecule has 0 saturated carbocycles. The third-order valence-electron chi connectivity index (χ3n) is 4.77. The van der Waals surface area contributed by atoms with Gasteiger partial charge in [0.05, 0.1) is 7.11 Å². The van der Waals surface area contributed by atoms with E-state index < -0.39 is 0 Å². The largest absolute Gasteiger partial charge is 0.469 e. The van der Waals surface area contributed by atoms with Crippen molar-refractivity contribution in [2.24, 2.45) is 0 Å².